The van der Waals surface area contributed by atoms with Crippen LogP contribution in [0.5, 0.6) is 5.75 Å². The minimum atomic E-state index is -0.533. The first kappa shape index (κ1) is 18.5. The van der Waals surface area contributed by atoms with Crippen molar-refractivity contribution in [2.45, 2.75) is 44.2 Å². The number of hydrogen-bond donors (Lipinski definition) is 4. The number of phenolic OH excluding ortho intramolecular Hbond substituents is 1. The zero-order valence-corrected chi connectivity index (χ0v) is 16.7. The molecule has 0 radical (unpaired) electrons. The fourth-order valence-corrected chi connectivity index (χ4v) is 5.04. The van der Waals surface area contributed by atoms with E-state index >= 15 is 0 Å². The van der Waals surface area contributed by atoms with Gasteiger partial charge in [0.25, 0.3) is 0 Å². The van der Waals surface area contributed by atoms with Crippen LogP contribution in [0.25, 0.3) is 0 Å². The molecule has 3 aliphatic rings. The quantitative estimate of drug-likeness (QED) is 0.590. The zero-order chi connectivity index (χ0) is 21.1. The van der Waals surface area contributed by atoms with Gasteiger partial charge in [0.05, 0.1) is 23.4 Å². The predicted molar refractivity (Wildman–Crippen MR) is 112 cm³/mol. The third-order valence-corrected chi connectivity index (χ3v) is 6.64. The lowest BCUT2D eigenvalue weighted by molar-refractivity contribution is -0.135. The van der Waals surface area contributed by atoms with Gasteiger partial charge < -0.3 is 15.7 Å². The van der Waals surface area contributed by atoms with E-state index in [0.29, 0.717) is 25.7 Å². The normalized spacial score (nSPS) is 29.3. The van der Waals surface area contributed by atoms with Crippen LogP contribution in [0.1, 0.15) is 37.3 Å². The molecule has 2 aromatic carbocycles. The van der Waals surface area contributed by atoms with Gasteiger partial charge in [0.2, 0.25) is 5.91 Å². The molecule has 5 rings (SSSR count). The highest BCUT2D eigenvalue weighted by molar-refractivity contribution is 6.00. The topological polar surface area (TPSA) is 112 Å². The summed E-state index contributed by atoms with van der Waals surface area (Å²) in [5.74, 6) is 0.306. The largest absolute Gasteiger partial charge is 0.508 e. The van der Waals surface area contributed by atoms with E-state index in [-0.39, 0.29) is 23.7 Å². The molecule has 152 valence electrons. The van der Waals surface area contributed by atoms with E-state index in [4.69, 9.17) is 5.41 Å². The molecule has 0 aromatic heterocycles. The maximum atomic E-state index is 13.0. The lowest BCUT2D eigenvalue weighted by Crippen LogP contribution is -2.68. The van der Waals surface area contributed by atoms with Gasteiger partial charge in [-0.2, -0.15) is 5.26 Å². The number of nitrogens with one attached hydrogen (secondary N) is 3. The number of phenols is 1. The molecule has 2 aromatic rings. The van der Waals surface area contributed by atoms with Crippen molar-refractivity contribution >= 4 is 23.2 Å². The second-order valence-corrected chi connectivity index (χ2v) is 8.91. The average Bonchev–Trinajstić information content (AvgIpc) is 2.68. The Morgan fingerprint density at radius 3 is 2.63 bits per heavy atom. The van der Waals surface area contributed by atoms with Crippen LogP contribution in [0.15, 0.2) is 42.5 Å². The Bertz CT molecular complexity index is 1080. The van der Waals surface area contributed by atoms with Crippen molar-refractivity contribution in [3.05, 3.63) is 53.6 Å². The Balaban J connectivity index is 1.35. The molecular formula is C23H23N5O2. The Morgan fingerprint density at radius 2 is 1.97 bits per heavy atom. The highest BCUT2D eigenvalue weighted by atomic mass is 16.3. The minimum absolute atomic E-state index is 0.0497. The first-order valence-corrected chi connectivity index (χ1v) is 10.1. The number of rotatable bonds is 3. The molecule has 7 nitrogen and oxygen atoms in total. The van der Waals surface area contributed by atoms with Gasteiger partial charge in [-0.05, 0) is 61.2 Å². The van der Waals surface area contributed by atoms with Crippen LogP contribution < -0.4 is 10.6 Å². The van der Waals surface area contributed by atoms with E-state index < -0.39 is 11.0 Å². The summed E-state index contributed by atoms with van der Waals surface area (Å²) >= 11 is 0. The molecule has 1 saturated heterocycles. The van der Waals surface area contributed by atoms with Crippen LogP contribution in [0, 0.1) is 22.2 Å². The molecule has 4 N–H and O–H groups in total. The number of nitriles is 1. The fourth-order valence-electron chi connectivity index (χ4n) is 5.04. The number of benzene rings is 2. The van der Waals surface area contributed by atoms with E-state index in [1.54, 1.807) is 17.0 Å². The Labute approximate surface area is 174 Å². The van der Waals surface area contributed by atoms with Crippen LogP contribution in [0.3, 0.4) is 0 Å². The van der Waals surface area contributed by atoms with Crippen molar-refractivity contribution in [2.24, 2.45) is 5.41 Å². The van der Waals surface area contributed by atoms with E-state index in [1.807, 2.05) is 37.3 Å². The lowest BCUT2D eigenvalue weighted by Gasteiger charge is -2.54. The molecule has 1 spiro atoms. The monoisotopic (exact) mass is 401 g/mol. The summed E-state index contributed by atoms with van der Waals surface area (Å²) in [7, 11) is 0. The number of guanidine groups is 1. The van der Waals surface area contributed by atoms with Gasteiger partial charge in [-0.25, -0.2) is 0 Å². The van der Waals surface area contributed by atoms with Crippen LogP contribution in [0.4, 0.5) is 11.4 Å². The maximum Gasteiger partial charge on any atom is 0.232 e. The van der Waals surface area contributed by atoms with Gasteiger partial charge in [-0.3, -0.25) is 15.1 Å². The van der Waals surface area contributed by atoms with Gasteiger partial charge in [-0.15, -0.1) is 0 Å². The molecule has 0 bridgehead atoms. The Hall–Kier alpha value is -3.53. The van der Waals surface area contributed by atoms with Gasteiger partial charge in [0.15, 0.2) is 5.96 Å². The smallest absolute Gasteiger partial charge is 0.232 e. The fraction of sp³-hybridized carbons (Fsp3) is 0.348. The van der Waals surface area contributed by atoms with Crippen molar-refractivity contribution in [1.29, 1.82) is 10.7 Å². The van der Waals surface area contributed by atoms with E-state index in [1.165, 1.54) is 0 Å². The Morgan fingerprint density at radius 1 is 1.23 bits per heavy atom. The summed E-state index contributed by atoms with van der Waals surface area (Å²) in [6, 6.07) is 15.1. The summed E-state index contributed by atoms with van der Waals surface area (Å²) in [6.07, 6.45) is 2.20. The zero-order valence-electron chi connectivity index (χ0n) is 16.7. The number of fused-ring (bicyclic) bond motifs is 2. The first-order chi connectivity index (χ1) is 14.3. The van der Waals surface area contributed by atoms with Crippen LogP contribution in [-0.4, -0.2) is 27.9 Å². The molecule has 1 saturated carbocycles. The lowest BCUT2D eigenvalue weighted by atomic mass is 9.65. The van der Waals surface area contributed by atoms with Crippen molar-refractivity contribution in [3.8, 4) is 11.8 Å². The standard InChI is InChI=1S/C23H23N5O2/c1-22(13-24)9-15(10-22)28-20(30)12-23(27-21(28)25)11-17-18(23)3-2-4-19(17)26-14-5-7-16(29)8-6-14/h2-8,15,26,29H,9-12H2,1H3,(H2,25,27)/t15-,22+,23-/m0/s1. The summed E-state index contributed by atoms with van der Waals surface area (Å²) < 4.78 is 0. The summed E-state index contributed by atoms with van der Waals surface area (Å²) in [5, 5.41) is 33.9. The molecule has 1 atom stereocenters. The van der Waals surface area contributed by atoms with Gasteiger partial charge >= 0.3 is 0 Å². The third-order valence-electron chi connectivity index (χ3n) is 6.64. The van der Waals surface area contributed by atoms with Gasteiger partial charge in [0, 0.05) is 23.8 Å². The summed E-state index contributed by atoms with van der Waals surface area (Å²) in [6.45, 7) is 1.90. The number of aromatic hydroxyl groups is 1. The van der Waals surface area contributed by atoms with Crippen molar-refractivity contribution in [2.75, 3.05) is 5.32 Å². The molecule has 2 aliphatic carbocycles. The summed E-state index contributed by atoms with van der Waals surface area (Å²) in [5.41, 5.74) is 3.09. The predicted octanol–water partition coefficient (Wildman–Crippen LogP) is 3.34. The number of hydrogen-bond acceptors (Lipinski definition) is 5. The Kier molecular flexibility index (Phi) is 3.84. The first-order valence-electron chi connectivity index (χ1n) is 10.1. The van der Waals surface area contributed by atoms with Crippen LogP contribution in [0.2, 0.25) is 0 Å². The summed E-state index contributed by atoms with van der Waals surface area (Å²) in [4.78, 5) is 14.5. The van der Waals surface area contributed by atoms with Gasteiger partial charge in [-0.1, -0.05) is 12.1 Å². The molecule has 30 heavy (non-hydrogen) atoms. The highest BCUT2D eigenvalue weighted by Gasteiger charge is 2.54. The van der Waals surface area contributed by atoms with Crippen LogP contribution in [-0.2, 0) is 16.8 Å². The highest BCUT2D eigenvalue weighted by Crippen LogP contribution is 2.49. The van der Waals surface area contributed by atoms with E-state index in [9.17, 15) is 15.2 Å². The molecule has 1 heterocycles. The second-order valence-electron chi connectivity index (χ2n) is 8.91. The third kappa shape index (κ3) is 2.71. The average molecular weight is 401 g/mol. The van der Waals surface area contributed by atoms with E-state index in [2.05, 4.69) is 16.7 Å². The number of amides is 1. The number of nitrogens with zero attached hydrogens (tertiary/aromatic N) is 2. The van der Waals surface area contributed by atoms with Crippen molar-refractivity contribution < 1.29 is 9.90 Å². The van der Waals surface area contributed by atoms with Gasteiger partial charge in [0.1, 0.15) is 5.75 Å². The molecule has 1 aliphatic heterocycles. The molecule has 7 heteroatoms. The molecule has 0 unspecified atom stereocenters. The number of carbonyl (C=O) groups excluding carboxylic acids is 1. The SMILES string of the molecule is C[C@]1(C#N)C[C@@H](N2C(=N)N[C@]3(CC2=O)Cc2c(Nc4ccc(O)cc4)cccc23)C1. The van der Waals surface area contributed by atoms with Crippen LogP contribution >= 0.6 is 0 Å². The molecular weight excluding hydrogens is 378 g/mol. The molecule has 2 fully saturated rings. The molecule has 1 amide bonds. The minimum Gasteiger partial charge on any atom is -0.508 e. The number of carbonyl (C=O) groups is 1. The van der Waals surface area contributed by atoms with E-state index in [0.717, 1.165) is 22.5 Å². The maximum absolute atomic E-state index is 13.0. The number of anilines is 2. The second kappa shape index (κ2) is 6.23. The van der Waals surface area contributed by atoms with Crippen molar-refractivity contribution in [1.82, 2.24) is 10.2 Å². The van der Waals surface area contributed by atoms with Crippen molar-refractivity contribution in [3.63, 3.8) is 0 Å².